The van der Waals surface area contributed by atoms with Gasteiger partial charge in [0.05, 0.1) is 6.61 Å². The molecule has 0 bridgehead atoms. The van der Waals surface area contributed by atoms with E-state index in [0.29, 0.717) is 6.04 Å². The van der Waals surface area contributed by atoms with Gasteiger partial charge in [-0.2, -0.15) is 0 Å². The molecule has 0 aromatic heterocycles. The Hall–Kier alpha value is -0.120. The predicted octanol–water partition coefficient (Wildman–Crippen LogP) is 1.48. The number of piperazine rings is 1. The summed E-state index contributed by atoms with van der Waals surface area (Å²) in [5.74, 6) is 1.93. The summed E-state index contributed by atoms with van der Waals surface area (Å²) in [6.45, 7) is 5.66. The highest BCUT2D eigenvalue weighted by molar-refractivity contribution is 5.00. The van der Waals surface area contributed by atoms with Crippen molar-refractivity contribution in [2.24, 2.45) is 11.8 Å². The summed E-state index contributed by atoms with van der Waals surface area (Å²) in [5.41, 5.74) is 0. The quantitative estimate of drug-likeness (QED) is 0.785. The van der Waals surface area contributed by atoms with Gasteiger partial charge in [0.15, 0.2) is 0 Å². The van der Waals surface area contributed by atoms with Crippen LogP contribution in [-0.2, 0) is 4.74 Å². The number of ether oxygens (including phenoxy) is 1. The number of hydrogen-bond acceptors (Lipinski definition) is 3. The van der Waals surface area contributed by atoms with Crippen LogP contribution in [0.2, 0.25) is 0 Å². The van der Waals surface area contributed by atoms with Gasteiger partial charge in [-0.25, -0.2) is 0 Å². The minimum Gasteiger partial charge on any atom is -0.383 e. The molecule has 3 rings (SSSR count). The maximum absolute atomic E-state index is 5.35. The van der Waals surface area contributed by atoms with Crippen molar-refractivity contribution in [1.82, 2.24) is 10.2 Å². The van der Waals surface area contributed by atoms with Gasteiger partial charge >= 0.3 is 0 Å². The molecular formula is C14H26N2O. The summed E-state index contributed by atoms with van der Waals surface area (Å²) in [6.07, 6.45) is 5.77. The third-order valence-electron chi connectivity index (χ3n) is 4.75. The van der Waals surface area contributed by atoms with E-state index in [-0.39, 0.29) is 0 Å². The van der Waals surface area contributed by atoms with E-state index in [2.05, 4.69) is 17.1 Å². The highest BCUT2D eigenvalue weighted by atomic mass is 16.5. The molecule has 0 spiro atoms. The molecule has 3 aliphatic rings. The van der Waals surface area contributed by atoms with Crippen LogP contribution in [0.3, 0.4) is 0 Å². The molecule has 0 aromatic rings. The Kier molecular flexibility index (Phi) is 3.42. The number of nitrogens with zero attached hydrogens (tertiary/aromatic N) is 1. The number of methoxy groups -OCH3 is 1. The van der Waals surface area contributed by atoms with E-state index in [1.54, 1.807) is 0 Å². The van der Waals surface area contributed by atoms with Crippen molar-refractivity contribution in [2.45, 2.75) is 50.7 Å². The normalized spacial score (nSPS) is 37.1. The summed E-state index contributed by atoms with van der Waals surface area (Å²) in [4.78, 5) is 2.74. The van der Waals surface area contributed by atoms with Crippen molar-refractivity contribution in [3.05, 3.63) is 0 Å². The fourth-order valence-electron chi connectivity index (χ4n) is 3.39. The van der Waals surface area contributed by atoms with E-state index in [1.165, 1.54) is 38.8 Å². The highest BCUT2D eigenvalue weighted by Gasteiger charge is 2.43. The maximum atomic E-state index is 5.35. The molecule has 1 saturated heterocycles. The summed E-state index contributed by atoms with van der Waals surface area (Å²) >= 11 is 0. The lowest BCUT2D eigenvalue weighted by Gasteiger charge is -2.44. The minimum atomic E-state index is 0.578. The molecule has 1 aliphatic heterocycles. The summed E-state index contributed by atoms with van der Waals surface area (Å²) in [7, 11) is 1.82. The Balaban J connectivity index is 1.63. The maximum Gasteiger partial charge on any atom is 0.0615 e. The van der Waals surface area contributed by atoms with Crippen molar-refractivity contribution >= 4 is 0 Å². The lowest BCUT2D eigenvalue weighted by atomic mass is 10.00. The first-order chi connectivity index (χ1) is 8.29. The number of rotatable bonds is 5. The smallest absolute Gasteiger partial charge is 0.0615 e. The lowest BCUT2D eigenvalue weighted by molar-refractivity contribution is 0.0299. The standard InChI is InChI=1S/C14H26N2O/c1-10(9-17-2)16-8-13(11-3-4-11)15-7-14(16)12-5-6-12/h10-15H,3-9H2,1-2H3. The van der Waals surface area contributed by atoms with E-state index in [9.17, 15) is 0 Å². The van der Waals surface area contributed by atoms with Crippen LogP contribution < -0.4 is 5.32 Å². The summed E-state index contributed by atoms with van der Waals surface area (Å²) in [5, 5.41) is 3.80. The summed E-state index contributed by atoms with van der Waals surface area (Å²) in [6, 6.07) is 2.11. The molecule has 98 valence electrons. The molecular weight excluding hydrogens is 212 g/mol. The zero-order chi connectivity index (χ0) is 11.8. The second-order valence-corrected chi connectivity index (χ2v) is 6.26. The fourth-order valence-corrected chi connectivity index (χ4v) is 3.39. The number of hydrogen-bond donors (Lipinski definition) is 1. The van der Waals surface area contributed by atoms with Crippen LogP contribution in [-0.4, -0.2) is 49.8 Å². The first-order valence-electron chi connectivity index (χ1n) is 7.27. The monoisotopic (exact) mass is 238 g/mol. The highest BCUT2D eigenvalue weighted by Crippen LogP contribution is 2.40. The molecule has 17 heavy (non-hydrogen) atoms. The van der Waals surface area contributed by atoms with Gasteiger partial charge in [-0.1, -0.05) is 0 Å². The molecule has 3 fully saturated rings. The van der Waals surface area contributed by atoms with E-state index in [0.717, 1.165) is 30.5 Å². The topological polar surface area (TPSA) is 24.5 Å². The van der Waals surface area contributed by atoms with Gasteiger partial charge in [0, 0.05) is 38.3 Å². The van der Waals surface area contributed by atoms with Gasteiger partial charge < -0.3 is 10.1 Å². The van der Waals surface area contributed by atoms with Crippen molar-refractivity contribution in [3.8, 4) is 0 Å². The predicted molar refractivity (Wildman–Crippen MR) is 69.1 cm³/mol. The second kappa shape index (κ2) is 4.87. The average molecular weight is 238 g/mol. The van der Waals surface area contributed by atoms with Gasteiger partial charge in [-0.3, -0.25) is 4.90 Å². The van der Waals surface area contributed by atoms with Crippen molar-refractivity contribution in [2.75, 3.05) is 26.8 Å². The average Bonchev–Trinajstić information content (AvgIpc) is 3.18. The Morgan fingerprint density at radius 1 is 1.24 bits per heavy atom. The SMILES string of the molecule is COCC(C)N1CC(C2CC2)NCC1C1CC1. The van der Waals surface area contributed by atoms with Gasteiger partial charge in [0.25, 0.3) is 0 Å². The molecule has 0 radical (unpaired) electrons. The van der Waals surface area contributed by atoms with Crippen LogP contribution in [0.25, 0.3) is 0 Å². The summed E-state index contributed by atoms with van der Waals surface area (Å²) < 4.78 is 5.35. The fraction of sp³-hybridized carbons (Fsp3) is 1.00. The van der Waals surface area contributed by atoms with E-state index >= 15 is 0 Å². The van der Waals surface area contributed by atoms with Crippen LogP contribution in [0.4, 0.5) is 0 Å². The molecule has 3 atom stereocenters. The Labute approximate surface area is 105 Å². The second-order valence-electron chi connectivity index (χ2n) is 6.26. The van der Waals surface area contributed by atoms with E-state index in [1.807, 2.05) is 7.11 Å². The van der Waals surface area contributed by atoms with Gasteiger partial charge in [-0.05, 0) is 44.4 Å². The van der Waals surface area contributed by atoms with Crippen molar-refractivity contribution < 1.29 is 4.74 Å². The van der Waals surface area contributed by atoms with Gasteiger partial charge in [-0.15, -0.1) is 0 Å². The van der Waals surface area contributed by atoms with Crippen LogP contribution in [0.5, 0.6) is 0 Å². The molecule has 2 aliphatic carbocycles. The van der Waals surface area contributed by atoms with Crippen LogP contribution in [0.1, 0.15) is 32.6 Å². The Bertz CT molecular complexity index is 263. The van der Waals surface area contributed by atoms with Crippen LogP contribution >= 0.6 is 0 Å². The minimum absolute atomic E-state index is 0.578. The molecule has 0 amide bonds. The molecule has 0 aromatic carbocycles. The van der Waals surface area contributed by atoms with Crippen molar-refractivity contribution in [1.29, 1.82) is 0 Å². The molecule has 3 nitrogen and oxygen atoms in total. The first-order valence-corrected chi connectivity index (χ1v) is 7.27. The molecule has 2 saturated carbocycles. The number of nitrogens with one attached hydrogen (secondary N) is 1. The zero-order valence-electron chi connectivity index (χ0n) is 11.2. The molecule has 1 N–H and O–H groups in total. The van der Waals surface area contributed by atoms with E-state index in [4.69, 9.17) is 4.74 Å². The van der Waals surface area contributed by atoms with Crippen LogP contribution in [0.15, 0.2) is 0 Å². The van der Waals surface area contributed by atoms with Crippen LogP contribution in [0, 0.1) is 11.8 Å². The lowest BCUT2D eigenvalue weighted by Crippen LogP contribution is -2.61. The Morgan fingerprint density at radius 2 is 1.94 bits per heavy atom. The van der Waals surface area contributed by atoms with Gasteiger partial charge in [0.2, 0.25) is 0 Å². The molecule has 3 unspecified atom stereocenters. The van der Waals surface area contributed by atoms with Gasteiger partial charge in [0.1, 0.15) is 0 Å². The Morgan fingerprint density at radius 3 is 2.53 bits per heavy atom. The first kappa shape index (κ1) is 11.9. The largest absolute Gasteiger partial charge is 0.383 e. The molecule has 3 heteroatoms. The van der Waals surface area contributed by atoms with Crippen molar-refractivity contribution in [3.63, 3.8) is 0 Å². The molecule has 1 heterocycles. The zero-order valence-corrected chi connectivity index (χ0v) is 11.2. The van der Waals surface area contributed by atoms with E-state index < -0.39 is 0 Å². The third kappa shape index (κ3) is 2.67. The third-order valence-corrected chi connectivity index (χ3v) is 4.75.